The number of hydrazine groups is 1. The second kappa shape index (κ2) is 13.9. The summed E-state index contributed by atoms with van der Waals surface area (Å²) >= 11 is 0. The van der Waals surface area contributed by atoms with Gasteiger partial charge in [-0.2, -0.15) is 0 Å². The fourth-order valence-electron chi connectivity index (χ4n) is 5.11. The number of halogens is 2. The van der Waals surface area contributed by atoms with Gasteiger partial charge < -0.3 is 25.2 Å². The number of alkyl carbamates (subject to hydrolysis) is 1. The van der Waals surface area contributed by atoms with Gasteiger partial charge in [0.05, 0.1) is 13.1 Å². The maximum absolute atomic E-state index is 14.6. The van der Waals surface area contributed by atoms with Crippen LogP contribution in [0.2, 0.25) is 0 Å². The van der Waals surface area contributed by atoms with Crippen molar-refractivity contribution in [1.29, 1.82) is 0 Å². The topological polar surface area (TPSA) is 115 Å². The van der Waals surface area contributed by atoms with Crippen molar-refractivity contribution < 1.29 is 32.7 Å². The van der Waals surface area contributed by atoms with Gasteiger partial charge in [0.1, 0.15) is 30.4 Å². The van der Waals surface area contributed by atoms with Gasteiger partial charge in [0.2, 0.25) is 11.8 Å². The lowest BCUT2D eigenvalue weighted by atomic mass is 10.0. The monoisotopic (exact) mass is 584 g/mol. The first-order valence-corrected chi connectivity index (χ1v) is 13.6. The maximum atomic E-state index is 14.6. The summed E-state index contributed by atoms with van der Waals surface area (Å²) in [5, 5.41) is 8.33. The first-order valence-electron chi connectivity index (χ1n) is 13.6. The van der Waals surface area contributed by atoms with Crippen LogP contribution in [0.3, 0.4) is 0 Å². The molecule has 2 fully saturated rings. The van der Waals surface area contributed by atoms with Crippen LogP contribution in [-0.4, -0.2) is 89.3 Å². The number of nitrogens with one attached hydrogen (secondary N) is 2. The molecule has 13 heteroatoms. The molecule has 5 amide bonds. The molecule has 0 unspecified atom stereocenters. The van der Waals surface area contributed by atoms with E-state index in [0.717, 1.165) is 17.7 Å². The Balaban J connectivity index is 1.56. The van der Waals surface area contributed by atoms with Crippen molar-refractivity contribution in [3.63, 3.8) is 0 Å². The lowest BCUT2D eigenvalue weighted by Gasteiger charge is -2.54. The Labute approximate surface area is 242 Å². The summed E-state index contributed by atoms with van der Waals surface area (Å²) in [6, 6.07) is 11.0. The van der Waals surface area contributed by atoms with Crippen molar-refractivity contribution in [2.75, 3.05) is 33.3 Å². The molecule has 0 spiro atoms. The first kappa shape index (κ1) is 30.4. The third kappa shape index (κ3) is 7.21. The van der Waals surface area contributed by atoms with Gasteiger partial charge in [-0.3, -0.25) is 9.59 Å². The number of fused-ring (bicyclic) bond motifs is 1. The Morgan fingerprint density at radius 1 is 1.12 bits per heavy atom. The second-order valence-corrected chi connectivity index (χ2v) is 10.0. The summed E-state index contributed by atoms with van der Waals surface area (Å²) in [4.78, 5) is 55.1. The highest BCUT2D eigenvalue weighted by atomic mass is 19.1. The van der Waals surface area contributed by atoms with E-state index in [-0.39, 0.29) is 57.2 Å². The van der Waals surface area contributed by atoms with E-state index in [1.165, 1.54) is 32.0 Å². The minimum absolute atomic E-state index is 0.0432. The Hall–Kier alpha value is -4.52. The number of likely N-dealkylation sites (N-methyl/N-ethyl adjacent to an activating group) is 1. The molecular weight excluding hydrogens is 550 g/mol. The second-order valence-electron chi connectivity index (χ2n) is 10.0. The van der Waals surface area contributed by atoms with Gasteiger partial charge in [-0.25, -0.2) is 28.4 Å². The molecule has 2 saturated heterocycles. The van der Waals surface area contributed by atoms with Gasteiger partial charge in [0.25, 0.3) is 0 Å². The highest BCUT2D eigenvalue weighted by Crippen LogP contribution is 2.29. The van der Waals surface area contributed by atoms with Crippen LogP contribution >= 0.6 is 0 Å². The van der Waals surface area contributed by atoms with Crippen LogP contribution in [0.5, 0.6) is 0 Å². The molecule has 2 N–H and O–H groups in total. The standard InChI is InChI=1S/C29H34F2N6O5/c1-3-14-42-29(41)32-13-7-10-24-27(39)35(17-21-11-12-22(30)15-23(21)31)18-25-36(24)26(38)19-34(2)37(25)28(40)33-16-20-8-5-4-6-9-20/h3-6,8-9,11-12,15,24-25H,1,7,10,13-14,16-19H2,2H3,(H,32,41)(H,33,40)/t24-,25-/m0/s1. The smallest absolute Gasteiger partial charge is 0.407 e. The van der Waals surface area contributed by atoms with E-state index in [9.17, 15) is 28.0 Å². The van der Waals surface area contributed by atoms with E-state index >= 15 is 0 Å². The number of piperazine rings is 1. The Bertz CT molecular complexity index is 1310. The third-order valence-electron chi connectivity index (χ3n) is 7.07. The number of urea groups is 1. The Morgan fingerprint density at radius 3 is 2.60 bits per heavy atom. The van der Waals surface area contributed by atoms with Crippen LogP contribution in [0.4, 0.5) is 18.4 Å². The van der Waals surface area contributed by atoms with Gasteiger partial charge in [-0.15, -0.1) is 0 Å². The molecule has 0 saturated carbocycles. The molecule has 2 aliphatic rings. The molecule has 224 valence electrons. The van der Waals surface area contributed by atoms with Crippen molar-refractivity contribution in [2.45, 2.75) is 38.1 Å². The fourth-order valence-corrected chi connectivity index (χ4v) is 5.11. The van der Waals surface area contributed by atoms with Crippen molar-refractivity contribution >= 4 is 23.9 Å². The number of rotatable bonds is 10. The number of amides is 5. The quantitative estimate of drug-likeness (QED) is 0.328. The van der Waals surface area contributed by atoms with E-state index in [1.54, 1.807) is 7.05 Å². The summed E-state index contributed by atoms with van der Waals surface area (Å²) in [6.45, 7) is 3.51. The van der Waals surface area contributed by atoms with E-state index in [1.807, 2.05) is 30.3 Å². The van der Waals surface area contributed by atoms with E-state index in [2.05, 4.69) is 17.2 Å². The molecule has 11 nitrogen and oxygen atoms in total. The van der Waals surface area contributed by atoms with Gasteiger partial charge >= 0.3 is 12.1 Å². The zero-order chi connectivity index (χ0) is 30.2. The molecule has 0 radical (unpaired) electrons. The number of ether oxygens (including phenoxy) is 1. The number of carbonyl (C=O) groups excluding carboxylic acids is 4. The lowest BCUT2D eigenvalue weighted by Crippen LogP contribution is -2.75. The maximum Gasteiger partial charge on any atom is 0.407 e. The van der Waals surface area contributed by atoms with Crippen LogP contribution in [-0.2, 0) is 27.4 Å². The Kier molecular flexibility index (Phi) is 10.1. The highest BCUT2D eigenvalue weighted by Gasteiger charge is 2.50. The SMILES string of the molecule is C=CCOC(=O)NCCC[C@H]1C(=O)N(Cc2ccc(F)cc2F)C[C@H]2N1C(=O)CN(C)N2C(=O)NCc1ccccc1. The van der Waals surface area contributed by atoms with Gasteiger partial charge in [0.15, 0.2) is 0 Å². The molecule has 2 aromatic carbocycles. The normalized spacial score (nSPS) is 18.9. The average Bonchev–Trinajstić information content (AvgIpc) is 2.96. The zero-order valence-corrected chi connectivity index (χ0v) is 23.3. The number of carbonyl (C=O) groups is 4. The van der Waals surface area contributed by atoms with Crippen LogP contribution in [0.25, 0.3) is 0 Å². The van der Waals surface area contributed by atoms with Crippen molar-refractivity contribution in [1.82, 2.24) is 30.5 Å². The van der Waals surface area contributed by atoms with Crippen molar-refractivity contribution in [2.24, 2.45) is 0 Å². The van der Waals surface area contributed by atoms with E-state index in [0.29, 0.717) is 6.42 Å². The van der Waals surface area contributed by atoms with Crippen LogP contribution in [0.15, 0.2) is 61.2 Å². The summed E-state index contributed by atoms with van der Waals surface area (Å²) in [5.74, 6) is -2.34. The molecule has 42 heavy (non-hydrogen) atoms. The van der Waals surface area contributed by atoms with Gasteiger partial charge in [-0.05, 0) is 24.5 Å². The largest absolute Gasteiger partial charge is 0.445 e. The van der Waals surface area contributed by atoms with Crippen molar-refractivity contribution in [3.05, 3.63) is 83.9 Å². The van der Waals surface area contributed by atoms with E-state index < -0.39 is 41.9 Å². The van der Waals surface area contributed by atoms with Gasteiger partial charge in [0, 0.05) is 38.3 Å². The predicted molar refractivity (Wildman–Crippen MR) is 148 cm³/mol. The molecule has 0 aliphatic carbocycles. The van der Waals surface area contributed by atoms with Crippen LogP contribution < -0.4 is 10.6 Å². The summed E-state index contributed by atoms with van der Waals surface area (Å²) in [6.07, 6.45) is 0.371. The zero-order valence-electron chi connectivity index (χ0n) is 23.3. The molecule has 2 heterocycles. The molecule has 2 aliphatic heterocycles. The first-order chi connectivity index (χ1) is 20.2. The van der Waals surface area contributed by atoms with Crippen LogP contribution in [0.1, 0.15) is 24.0 Å². The molecule has 0 bridgehead atoms. The van der Waals surface area contributed by atoms with Gasteiger partial charge in [-0.1, -0.05) is 49.1 Å². The minimum Gasteiger partial charge on any atom is -0.445 e. The number of nitrogens with zero attached hydrogens (tertiary/aromatic N) is 4. The highest BCUT2D eigenvalue weighted by molar-refractivity contribution is 5.91. The summed E-state index contributed by atoms with van der Waals surface area (Å²) < 4.78 is 33.0. The number of hydrogen-bond donors (Lipinski definition) is 2. The summed E-state index contributed by atoms with van der Waals surface area (Å²) in [5.41, 5.74) is 0.974. The Morgan fingerprint density at radius 2 is 1.88 bits per heavy atom. The molecule has 4 rings (SSSR count). The third-order valence-corrected chi connectivity index (χ3v) is 7.07. The molecule has 2 atom stereocenters. The predicted octanol–water partition coefficient (Wildman–Crippen LogP) is 2.59. The van der Waals surface area contributed by atoms with E-state index in [4.69, 9.17) is 4.74 Å². The average molecular weight is 585 g/mol. The number of hydrogen-bond acceptors (Lipinski definition) is 6. The molecule has 0 aromatic heterocycles. The number of benzene rings is 2. The fraction of sp³-hybridized carbons (Fsp3) is 0.379. The summed E-state index contributed by atoms with van der Waals surface area (Å²) in [7, 11) is 1.60. The van der Waals surface area contributed by atoms with Crippen LogP contribution in [0, 0.1) is 11.6 Å². The molecule has 2 aromatic rings. The van der Waals surface area contributed by atoms with Crippen molar-refractivity contribution in [3.8, 4) is 0 Å². The minimum atomic E-state index is -0.983. The molecular formula is C29H34F2N6O5. The lowest BCUT2D eigenvalue weighted by molar-refractivity contribution is -0.188.